The van der Waals surface area contributed by atoms with Gasteiger partial charge in [0.15, 0.2) is 28.7 Å². The maximum Gasteiger partial charge on any atom is 0.213 e. The molecule has 0 unspecified atom stereocenters. The first-order valence-electron chi connectivity index (χ1n) is 11.3. The summed E-state index contributed by atoms with van der Waals surface area (Å²) in [5.41, 5.74) is -6.45. The number of aliphatic hydroxyl groups excluding tert-OH is 1. The molecule has 5 nitrogen and oxygen atoms in total. The second kappa shape index (κ2) is 6.88. The molecule has 4 fully saturated rings. The van der Waals surface area contributed by atoms with Crippen LogP contribution in [0.25, 0.3) is 0 Å². The summed E-state index contributed by atoms with van der Waals surface area (Å²) in [5, 5.41) is 10.5. The third-order valence-electron chi connectivity index (χ3n) is 9.23. The number of hydrogen-bond donors (Lipinski definition) is 1. The molecule has 0 aromatic heterocycles. The number of rotatable bonds is 2. The topological polar surface area (TPSA) is 72.8 Å². The largest absolute Gasteiger partial charge is 0.390 e. The SMILES string of the molecule is CC1(C)O[C@@H]2C[C@H]3[C@@H]4C[C@H](Cl)C5=C(F)C(=O)C=C[C@]5(C)[C@@]4(F)[C@@H](O)C[C@]3(C)[C@]2(C(=O)CCl)O1. The van der Waals surface area contributed by atoms with Gasteiger partial charge in [-0.15, -0.1) is 23.2 Å². The lowest BCUT2D eigenvalue weighted by molar-refractivity contribution is -0.245. The van der Waals surface area contributed by atoms with E-state index in [2.05, 4.69) is 0 Å². The average molecular weight is 505 g/mol. The van der Waals surface area contributed by atoms with Crippen molar-refractivity contribution in [3.8, 4) is 0 Å². The van der Waals surface area contributed by atoms with E-state index in [9.17, 15) is 19.1 Å². The van der Waals surface area contributed by atoms with Gasteiger partial charge in [-0.3, -0.25) is 9.59 Å². The number of hydrogen-bond acceptors (Lipinski definition) is 5. The summed E-state index contributed by atoms with van der Waals surface area (Å²) in [6, 6.07) is 0. The highest BCUT2D eigenvalue weighted by molar-refractivity contribution is 6.29. The van der Waals surface area contributed by atoms with Gasteiger partial charge >= 0.3 is 0 Å². The van der Waals surface area contributed by atoms with E-state index in [1.807, 2.05) is 6.92 Å². The van der Waals surface area contributed by atoms with Crippen LogP contribution in [0, 0.1) is 22.7 Å². The minimum atomic E-state index is -2.30. The van der Waals surface area contributed by atoms with Gasteiger partial charge in [0, 0.05) is 22.3 Å². The van der Waals surface area contributed by atoms with E-state index in [0.717, 1.165) is 6.08 Å². The van der Waals surface area contributed by atoms with Gasteiger partial charge in [-0.1, -0.05) is 13.0 Å². The van der Waals surface area contributed by atoms with Crippen LogP contribution < -0.4 is 0 Å². The van der Waals surface area contributed by atoms with E-state index in [1.54, 1.807) is 13.8 Å². The average Bonchev–Trinajstić information content (AvgIpc) is 3.13. The van der Waals surface area contributed by atoms with Crippen LogP contribution in [-0.2, 0) is 19.1 Å². The summed E-state index contributed by atoms with van der Waals surface area (Å²) in [7, 11) is 0. The third-order valence-corrected chi connectivity index (χ3v) is 9.87. The zero-order valence-corrected chi connectivity index (χ0v) is 20.5. The van der Waals surface area contributed by atoms with Gasteiger partial charge in [0.25, 0.3) is 0 Å². The Hall–Kier alpha value is -0.860. The maximum absolute atomic E-state index is 17.3. The molecule has 1 heterocycles. The molecule has 0 bridgehead atoms. The second-order valence-corrected chi connectivity index (χ2v) is 11.9. The number of fused-ring (bicyclic) bond motifs is 7. The van der Waals surface area contributed by atoms with Gasteiger partial charge in [-0.05, 0) is 52.0 Å². The van der Waals surface area contributed by atoms with E-state index >= 15 is 4.39 Å². The Balaban J connectivity index is 1.67. The number of aliphatic hydroxyl groups is 1. The molecule has 9 heteroatoms. The molecule has 0 radical (unpaired) electrons. The molecule has 9 atom stereocenters. The number of halogens is 4. The first kappa shape index (κ1) is 23.9. The lowest BCUT2D eigenvalue weighted by Gasteiger charge is -2.63. The summed E-state index contributed by atoms with van der Waals surface area (Å²) in [6.07, 6.45) is 0.344. The predicted octanol–water partition coefficient (Wildman–Crippen LogP) is 4.18. The highest BCUT2D eigenvalue weighted by atomic mass is 35.5. The molecule has 0 spiro atoms. The lowest BCUT2D eigenvalue weighted by atomic mass is 9.44. The number of ketones is 2. The Morgan fingerprint density at radius 3 is 2.55 bits per heavy atom. The molecule has 1 aliphatic heterocycles. The predicted molar refractivity (Wildman–Crippen MR) is 117 cm³/mol. The van der Waals surface area contributed by atoms with E-state index in [-0.39, 0.29) is 30.1 Å². The van der Waals surface area contributed by atoms with Gasteiger partial charge in [0.05, 0.1) is 23.5 Å². The van der Waals surface area contributed by atoms with Crippen LogP contribution in [0.1, 0.15) is 47.0 Å². The molecule has 5 aliphatic rings. The van der Waals surface area contributed by atoms with Crippen molar-refractivity contribution in [2.24, 2.45) is 22.7 Å². The van der Waals surface area contributed by atoms with Crippen LogP contribution in [0.2, 0.25) is 0 Å². The molecule has 1 N–H and O–H groups in total. The standard InChI is InChI=1S/C24H28Cl2F2O5/c1-20(2)32-17-8-11-12-7-13(26)18-19(27)14(29)5-6-21(18,3)23(12,28)15(30)9-22(11,4)24(17,33-20)16(31)10-25/h5-6,11-13,15,17,30H,7-10H2,1-4H3/t11-,12-,13-,15-,17+,21-,22-,23-,24+/m0/s1. The Morgan fingerprint density at radius 2 is 1.91 bits per heavy atom. The van der Waals surface area contributed by atoms with Crippen molar-refractivity contribution in [2.45, 2.75) is 81.6 Å². The number of allylic oxidation sites excluding steroid dienone is 4. The van der Waals surface area contributed by atoms with Gasteiger partial charge in [0.1, 0.15) is 0 Å². The lowest BCUT2D eigenvalue weighted by Crippen LogP contribution is -2.71. The van der Waals surface area contributed by atoms with E-state index in [4.69, 9.17) is 32.7 Å². The van der Waals surface area contributed by atoms with Crippen molar-refractivity contribution in [1.82, 2.24) is 0 Å². The second-order valence-electron chi connectivity index (χ2n) is 11.1. The Morgan fingerprint density at radius 1 is 1.24 bits per heavy atom. The van der Waals surface area contributed by atoms with Gasteiger partial charge < -0.3 is 14.6 Å². The van der Waals surface area contributed by atoms with Crippen molar-refractivity contribution >= 4 is 34.8 Å². The van der Waals surface area contributed by atoms with E-state index < -0.39 is 68.9 Å². The van der Waals surface area contributed by atoms with Crippen molar-refractivity contribution in [3.63, 3.8) is 0 Å². The van der Waals surface area contributed by atoms with Gasteiger partial charge in [-0.2, -0.15) is 0 Å². The van der Waals surface area contributed by atoms with Crippen LogP contribution in [0.15, 0.2) is 23.6 Å². The zero-order valence-electron chi connectivity index (χ0n) is 19.0. The number of carbonyl (C=O) groups excluding carboxylic acids is 2. The first-order valence-corrected chi connectivity index (χ1v) is 12.3. The van der Waals surface area contributed by atoms with Crippen molar-refractivity contribution in [2.75, 3.05) is 5.88 Å². The normalized spacial score (nSPS) is 52.3. The van der Waals surface area contributed by atoms with Gasteiger partial charge in [0.2, 0.25) is 5.78 Å². The summed E-state index contributed by atoms with van der Waals surface area (Å²) >= 11 is 12.6. The van der Waals surface area contributed by atoms with Crippen molar-refractivity contribution in [1.29, 1.82) is 0 Å². The molecule has 182 valence electrons. The molecule has 0 aromatic rings. The minimum absolute atomic E-state index is 0.0100. The fourth-order valence-electron chi connectivity index (χ4n) is 7.99. The molecule has 4 aliphatic carbocycles. The van der Waals surface area contributed by atoms with Crippen LogP contribution >= 0.6 is 23.2 Å². The fraction of sp³-hybridized carbons (Fsp3) is 0.750. The van der Waals surface area contributed by atoms with E-state index in [0.29, 0.717) is 6.42 Å². The molecule has 3 saturated carbocycles. The van der Waals surface area contributed by atoms with Crippen molar-refractivity contribution < 1.29 is 33.0 Å². The maximum atomic E-state index is 17.3. The quantitative estimate of drug-likeness (QED) is 0.571. The highest BCUT2D eigenvalue weighted by Gasteiger charge is 2.80. The number of alkyl halides is 3. The van der Waals surface area contributed by atoms with Crippen LogP contribution in [0.3, 0.4) is 0 Å². The Labute approximate surface area is 201 Å². The van der Waals surface area contributed by atoms with Crippen LogP contribution in [0.4, 0.5) is 8.78 Å². The summed E-state index contributed by atoms with van der Waals surface area (Å²) < 4.78 is 44.6. The molecule has 0 aromatic carbocycles. The first-order chi connectivity index (χ1) is 15.2. The monoisotopic (exact) mass is 504 g/mol. The van der Waals surface area contributed by atoms with Crippen molar-refractivity contribution in [3.05, 3.63) is 23.6 Å². The van der Waals surface area contributed by atoms with Crippen LogP contribution in [-0.4, -0.2) is 57.2 Å². The molecule has 5 rings (SSSR count). The fourth-order valence-corrected chi connectivity index (χ4v) is 8.71. The van der Waals surface area contributed by atoms with E-state index in [1.165, 1.54) is 13.0 Å². The molecular formula is C24H28Cl2F2O5. The smallest absolute Gasteiger partial charge is 0.213 e. The summed E-state index contributed by atoms with van der Waals surface area (Å²) in [6.45, 7) is 6.74. The highest BCUT2D eigenvalue weighted by Crippen LogP contribution is 2.73. The molecular weight excluding hydrogens is 477 g/mol. The number of Topliss-reactive ketones (excluding diaryl/α,β-unsaturated/α-hetero) is 1. The summed E-state index contributed by atoms with van der Waals surface area (Å²) in [5.74, 6) is -4.89. The third kappa shape index (κ3) is 2.58. The number of carbonyl (C=O) groups is 2. The minimum Gasteiger partial charge on any atom is -0.390 e. The van der Waals surface area contributed by atoms with Gasteiger partial charge in [-0.25, -0.2) is 8.78 Å². The molecule has 33 heavy (non-hydrogen) atoms. The number of ether oxygens (including phenoxy) is 2. The Bertz CT molecular complexity index is 1010. The Kier molecular flexibility index (Phi) is 4.97. The summed E-state index contributed by atoms with van der Waals surface area (Å²) in [4.78, 5) is 25.3. The zero-order chi connectivity index (χ0) is 24.4. The molecule has 0 amide bonds. The van der Waals surface area contributed by atoms with Crippen LogP contribution in [0.5, 0.6) is 0 Å². The molecule has 1 saturated heterocycles.